The van der Waals surface area contributed by atoms with Gasteiger partial charge in [-0.15, -0.1) is 0 Å². The Labute approximate surface area is 130 Å². The Morgan fingerprint density at radius 3 is 2.43 bits per heavy atom. The van der Waals surface area contributed by atoms with Gasteiger partial charge in [0, 0.05) is 11.6 Å². The Balaban J connectivity index is 1.93. The maximum Gasteiger partial charge on any atom is 0.161 e. The predicted molar refractivity (Wildman–Crippen MR) is 80.0 cm³/mol. The Morgan fingerprint density at radius 2 is 1.65 bits per heavy atom. The number of aldehydes is 1. The minimum Gasteiger partial charge on any atom is -0.488 e. The molecule has 116 valence electrons. The summed E-state index contributed by atoms with van der Waals surface area (Å²) in [5.41, 5.74) is 0.194. The number of fused-ring (bicyclic) bond motifs is 1. The van der Waals surface area contributed by atoms with Crippen LogP contribution in [0.25, 0.3) is 10.8 Å². The summed E-state index contributed by atoms with van der Waals surface area (Å²) < 4.78 is 45.1. The third-order valence-corrected chi connectivity index (χ3v) is 3.52. The molecule has 0 amide bonds. The summed E-state index contributed by atoms with van der Waals surface area (Å²) in [6.45, 7) is -0.317. The van der Waals surface area contributed by atoms with Crippen molar-refractivity contribution in [2.45, 2.75) is 6.61 Å². The van der Waals surface area contributed by atoms with Crippen LogP contribution in [0.5, 0.6) is 5.75 Å². The molecule has 0 unspecified atom stereocenters. The zero-order valence-electron chi connectivity index (χ0n) is 11.9. The lowest BCUT2D eigenvalue weighted by atomic mass is 10.0. The van der Waals surface area contributed by atoms with E-state index >= 15 is 0 Å². The molecule has 0 aliphatic carbocycles. The largest absolute Gasteiger partial charge is 0.488 e. The molecular formula is C18H11F3O2. The first kappa shape index (κ1) is 15.1. The van der Waals surface area contributed by atoms with Gasteiger partial charge in [0.1, 0.15) is 18.2 Å². The van der Waals surface area contributed by atoms with E-state index in [0.717, 1.165) is 11.5 Å². The number of hydrogen-bond acceptors (Lipinski definition) is 2. The summed E-state index contributed by atoms with van der Waals surface area (Å²) in [4.78, 5) is 11.4. The van der Waals surface area contributed by atoms with Gasteiger partial charge < -0.3 is 4.74 Å². The van der Waals surface area contributed by atoms with E-state index in [2.05, 4.69) is 0 Å². The standard InChI is InChI=1S/C18H11F3O2/c19-15-8-17(21)16(20)7-12(15)10-23-18-6-5-11-3-1-2-4-13(11)14(18)9-22/h1-9H,10H2. The molecule has 0 saturated heterocycles. The molecule has 3 aromatic carbocycles. The number of ether oxygens (including phenoxy) is 1. The molecule has 3 aromatic rings. The van der Waals surface area contributed by atoms with E-state index in [1.807, 2.05) is 12.1 Å². The Bertz CT molecular complexity index is 891. The topological polar surface area (TPSA) is 26.3 Å². The molecule has 0 spiro atoms. The van der Waals surface area contributed by atoms with Gasteiger partial charge in [-0.2, -0.15) is 0 Å². The van der Waals surface area contributed by atoms with Crippen molar-refractivity contribution in [2.75, 3.05) is 0 Å². The lowest BCUT2D eigenvalue weighted by molar-refractivity contribution is 0.112. The SMILES string of the molecule is O=Cc1c(OCc2cc(F)c(F)cc2F)ccc2ccccc12. The van der Waals surface area contributed by atoms with E-state index in [1.165, 1.54) is 0 Å². The summed E-state index contributed by atoms with van der Waals surface area (Å²) in [6, 6.07) is 11.8. The lowest BCUT2D eigenvalue weighted by Gasteiger charge is -2.11. The van der Waals surface area contributed by atoms with Gasteiger partial charge in [-0.05, 0) is 22.9 Å². The summed E-state index contributed by atoms with van der Waals surface area (Å²) in [7, 11) is 0. The van der Waals surface area contributed by atoms with Gasteiger partial charge in [-0.3, -0.25) is 4.79 Å². The second kappa shape index (κ2) is 6.12. The number of rotatable bonds is 4. The summed E-state index contributed by atoms with van der Waals surface area (Å²) >= 11 is 0. The van der Waals surface area contributed by atoms with Crippen molar-refractivity contribution in [3.05, 3.63) is 77.1 Å². The van der Waals surface area contributed by atoms with E-state index in [1.54, 1.807) is 24.3 Å². The quantitative estimate of drug-likeness (QED) is 0.517. The Kier molecular flexibility index (Phi) is 4.02. The number of benzene rings is 3. The Hall–Kier alpha value is -2.82. The van der Waals surface area contributed by atoms with E-state index in [0.29, 0.717) is 23.3 Å². The molecule has 0 bridgehead atoms. The van der Waals surface area contributed by atoms with Crippen LogP contribution in [-0.2, 0) is 6.61 Å². The lowest BCUT2D eigenvalue weighted by Crippen LogP contribution is -2.03. The number of carbonyl (C=O) groups is 1. The molecule has 5 heteroatoms. The maximum atomic E-state index is 13.6. The minimum absolute atomic E-state index is 0.131. The Morgan fingerprint density at radius 1 is 0.913 bits per heavy atom. The van der Waals surface area contributed by atoms with Gasteiger partial charge in [0.25, 0.3) is 0 Å². The highest BCUT2D eigenvalue weighted by atomic mass is 19.2. The fraction of sp³-hybridized carbons (Fsp3) is 0.0556. The van der Waals surface area contributed by atoms with Crippen LogP contribution in [0.15, 0.2) is 48.5 Å². The van der Waals surface area contributed by atoms with Crippen molar-refractivity contribution in [3.63, 3.8) is 0 Å². The van der Waals surface area contributed by atoms with Gasteiger partial charge in [0.2, 0.25) is 0 Å². The van der Waals surface area contributed by atoms with E-state index in [4.69, 9.17) is 4.74 Å². The first-order valence-electron chi connectivity index (χ1n) is 6.83. The molecule has 0 aliphatic heterocycles. The van der Waals surface area contributed by atoms with Gasteiger partial charge in [-0.25, -0.2) is 13.2 Å². The fourth-order valence-corrected chi connectivity index (χ4v) is 2.35. The van der Waals surface area contributed by atoms with Crippen molar-refractivity contribution >= 4 is 17.1 Å². The van der Waals surface area contributed by atoms with Crippen LogP contribution in [0.2, 0.25) is 0 Å². The predicted octanol–water partition coefficient (Wildman–Crippen LogP) is 4.65. The molecule has 0 atom stereocenters. The van der Waals surface area contributed by atoms with Crippen molar-refractivity contribution in [1.82, 2.24) is 0 Å². The second-order valence-electron chi connectivity index (χ2n) is 4.96. The molecule has 3 rings (SSSR count). The average molecular weight is 316 g/mol. The normalized spacial score (nSPS) is 10.7. The van der Waals surface area contributed by atoms with Crippen LogP contribution in [0.4, 0.5) is 13.2 Å². The van der Waals surface area contributed by atoms with Crippen LogP contribution in [0.1, 0.15) is 15.9 Å². The highest BCUT2D eigenvalue weighted by molar-refractivity contribution is 6.00. The fourth-order valence-electron chi connectivity index (χ4n) is 2.35. The number of carbonyl (C=O) groups excluding carboxylic acids is 1. The number of hydrogen-bond donors (Lipinski definition) is 0. The summed E-state index contributed by atoms with van der Waals surface area (Å²) in [6.07, 6.45) is 0.652. The first-order valence-corrected chi connectivity index (χ1v) is 6.83. The monoisotopic (exact) mass is 316 g/mol. The van der Waals surface area contributed by atoms with Crippen molar-refractivity contribution in [2.24, 2.45) is 0 Å². The molecular weight excluding hydrogens is 305 g/mol. The van der Waals surface area contributed by atoms with Gasteiger partial charge in [0.15, 0.2) is 17.9 Å². The first-order chi connectivity index (χ1) is 11.1. The average Bonchev–Trinajstić information content (AvgIpc) is 2.56. The zero-order chi connectivity index (χ0) is 16.4. The van der Waals surface area contributed by atoms with Crippen molar-refractivity contribution < 1.29 is 22.7 Å². The van der Waals surface area contributed by atoms with E-state index in [9.17, 15) is 18.0 Å². The van der Waals surface area contributed by atoms with Gasteiger partial charge in [-0.1, -0.05) is 30.3 Å². The van der Waals surface area contributed by atoms with Crippen LogP contribution >= 0.6 is 0 Å². The molecule has 0 saturated carbocycles. The highest BCUT2D eigenvalue weighted by Crippen LogP contribution is 2.27. The smallest absolute Gasteiger partial charge is 0.161 e. The van der Waals surface area contributed by atoms with E-state index < -0.39 is 17.5 Å². The minimum atomic E-state index is -1.26. The van der Waals surface area contributed by atoms with Crippen LogP contribution in [0.3, 0.4) is 0 Å². The van der Waals surface area contributed by atoms with Crippen molar-refractivity contribution in [1.29, 1.82) is 0 Å². The molecule has 0 aliphatic rings. The zero-order valence-corrected chi connectivity index (χ0v) is 11.9. The summed E-state index contributed by atoms with van der Waals surface area (Å²) in [5.74, 6) is -3.06. The molecule has 0 fully saturated rings. The molecule has 0 aromatic heterocycles. The summed E-state index contributed by atoms with van der Waals surface area (Å²) in [5, 5.41) is 1.56. The molecule has 23 heavy (non-hydrogen) atoms. The molecule has 0 heterocycles. The molecule has 0 radical (unpaired) electrons. The molecule has 2 nitrogen and oxygen atoms in total. The maximum absolute atomic E-state index is 13.6. The second-order valence-corrected chi connectivity index (χ2v) is 4.96. The highest BCUT2D eigenvalue weighted by Gasteiger charge is 2.12. The van der Waals surface area contributed by atoms with E-state index in [-0.39, 0.29) is 17.9 Å². The van der Waals surface area contributed by atoms with Gasteiger partial charge >= 0.3 is 0 Å². The van der Waals surface area contributed by atoms with Crippen LogP contribution < -0.4 is 4.74 Å². The van der Waals surface area contributed by atoms with Gasteiger partial charge in [0.05, 0.1) is 5.56 Å². The third-order valence-electron chi connectivity index (χ3n) is 3.52. The van der Waals surface area contributed by atoms with Crippen LogP contribution in [0, 0.1) is 17.5 Å². The molecule has 0 N–H and O–H groups in total. The van der Waals surface area contributed by atoms with Crippen molar-refractivity contribution in [3.8, 4) is 5.75 Å². The third kappa shape index (κ3) is 2.90. The van der Waals surface area contributed by atoms with Crippen LogP contribution in [-0.4, -0.2) is 6.29 Å². The number of halogens is 3.